The molecule has 0 radical (unpaired) electrons. The number of aliphatic carboxylic acids is 1. The fraction of sp³-hybridized carbons (Fsp3) is 0.538. The number of halogens is 1. The van der Waals surface area contributed by atoms with Gasteiger partial charge in [0, 0.05) is 23.8 Å². The Hall–Kier alpha value is -1.34. The second-order valence-corrected chi connectivity index (χ2v) is 5.90. The smallest absolute Gasteiger partial charge is 0.306 e. The standard InChI is InChI=1S/C13H19BrN2O4/c1-3-4-16-7-9(14)5-10(16)12(19)15-8-13(2,20)6-11(17)18/h5,7,20H,3-4,6,8H2,1-2H3,(H,15,19)(H,17,18). The number of hydrogen-bond acceptors (Lipinski definition) is 3. The minimum atomic E-state index is -1.47. The zero-order valence-electron chi connectivity index (χ0n) is 11.5. The number of carboxylic acid groups (broad SMARTS) is 1. The lowest BCUT2D eigenvalue weighted by atomic mass is 10.0. The molecule has 0 fully saturated rings. The predicted octanol–water partition coefficient (Wildman–Crippen LogP) is 1.62. The zero-order valence-corrected chi connectivity index (χ0v) is 13.1. The predicted molar refractivity (Wildman–Crippen MR) is 77.6 cm³/mol. The number of nitrogens with one attached hydrogen (secondary N) is 1. The van der Waals surface area contributed by atoms with Crippen molar-refractivity contribution in [1.29, 1.82) is 0 Å². The minimum absolute atomic E-state index is 0.118. The van der Waals surface area contributed by atoms with Crippen LogP contribution in [0.5, 0.6) is 0 Å². The zero-order chi connectivity index (χ0) is 15.3. The van der Waals surface area contributed by atoms with Crippen molar-refractivity contribution in [2.75, 3.05) is 6.54 Å². The third-order valence-electron chi connectivity index (χ3n) is 2.72. The Morgan fingerprint density at radius 3 is 2.70 bits per heavy atom. The van der Waals surface area contributed by atoms with E-state index in [-0.39, 0.29) is 12.5 Å². The van der Waals surface area contributed by atoms with Gasteiger partial charge in [-0.3, -0.25) is 9.59 Å². The van der Waals surface area contributed by atoms with E-state index in [9.17, 15) is 14.7 Å². The Morgan fingerprint density at radius 2 is 2.15 bits per heavy atom. The number of carbonyl (C=O) groups is 2. The molecule has 7 heteroatoms. The van der Waals surface area contributed by atoms with Crippen LogP contribution in [0.2, 0.25) is 0 Å². The van der Waals surface area contributed by atoms with Gasteiger partial charge >= 0.3 is 5.97 Å². The Kier molecular flexibility index (Phi) is 5.76. The van der Waals surface area contributed by atoms with E-state index in [2.05, 4.69) is 21.2 Å². The summed E-state index contributed by atoms with van der Waals surface area (Å²) in [6, 6.07) is 1.69. The molecule has 0 saturated carbocycles. The molecule has 0 saturated heterocycles. The van der Waals surface area contributed by atoms with E-state index in [1.165, 1.54) is 6.92 Å². The lowest BCUT2D eigenvalue weighted by Crippen LogP contribution is -2.42. The summed E-state index contributed by atoms with van der Waals surface area (Å²) >= 11 is 3.32. The molecule has 1 atom stereocenters. The number of hydrogen-bond donors (Lipinski definition) is 3. The molecule has 0 aliphatic rings. The van der Waals surface area contributed by atoms with Crippen molar-refractivity contribution in [2.45, 2.75) is 38.8 Å². The maximum Gasteiger partial charge on any atom is 0.306 e. The van der Waals surface area contributed by atoms with Gasteiger partial charge in [-0.1, -0.05) is 6.92 Å². The lowest BCUT2D eigenvalue weighted by molar-refractivity contribution is -0.141. The molecule has 0 bridgehead atoms. The van der Waals surface area contributed by atoms with Crippen LogP contribution in [0.4, 0.5) is 0 Å². The van der Waals surface area contributed by atoms with Crippen LogP contribution in [0.1, 0.15) is 37.2 Å². The van der Waals surface area contributed by atoms with Crippen LogP contribution in [0, 0.1) is 0 Å². The van der Waals surface area contributed by atoms with E-state index in [0.29, 0.717) is 12.2 Å². The summed E-state index contributed by atoms with van der Waals surface area (Å²) in [6.07, 6.45) is 2.28. The number of carboxylic acids is 1. The summed E-state index contributed by atoms with van der Waals surface area (Å²) in [5.41, 5.74) is -0.995. The highest BCUT2D eigenvalue weighted by atomic mass is 79.9. The molecule has 0 aliphatic heterocycles. The van der Waals surface area contributed by atoms with E-state index in [1.807, 2.05) is 17.7 Å². The van der Waals surface area contributed by atoms with Gasteiger partial charge < -0.3 is 20.1 Å². The Morgan fingerprint density at radius 1 is 1.50 bits per heavy atom. The van der Waals surface area contributed by atoms with Crippen LogP contribution in [0.15, 0.2) is 16.7 Å². The van der Waals surface area contributed by atoms with E-state index in [0.717, 1.165) is 10.9 Å². The van der Waals surface area contributed by atoms with Crippen LogP contribution >= 0.6 is 15.9 Å². The van der Waals surface area contributed by atoms with Gasteiger partial charge in [-0.05, 0) is 35.3 Å². The van der Waals surface area contributed by atoms with E-state index in [4.69, 9.17) is 5.11 Å². The van der Waals surface area contributed by atoms with Crippen molar-refractivity contribution in [3.05, 3.63) is 22.4 Å². The number of aryl methyl sites for hydroxylation is 1. The molecule has 0 aliphatic carbocycles. The van der Waals surface area contributed by atoms with Crippen LogP contribution in [0.3, 0.4) is 0 Å². The van der Waals surface area contributed by atoms with Gasteiger partial charge in [0.15, 0.2) is 0 Å². The van der Waals surface area contributed by atoms with Gasteiger partial charge in [0.05, 0.1) is 12.0 Å². The molecular weight excluding hydrogens is 328 g/mol. The summed E-state index contributed by atoms with van der Waals surface area (Å²) in [4.78, 5) is 22.7. The van der Waals surface area contributed by atoms with Gasteiger partial charge in [0.25, 0.3) is 5.91 Å². The van der Waals surface area contributed by atoms with E-state index >= 15 is 0 Å². The first-order valence-electron chi connectivity index (χ1n) is 6.33. The largest absolute Gasteiger partial charge is 0.481 e. The third kappa shape index (κ3) is 4.97. The molecule has 1 heterocycles. The average Bonchev–Trinajstić information content (AvgIpc) is 2.66. The van der Waals surface area contributed by atoms with Crippen molar-refractivity contribution in [1.82, 2.24) is 9.88 Å². The molecule has 1 aromatic rings. The number of rotatable bonds is 7. The van der Waals surface area contributed by atoms with Gasteiger partial charge in [-0.15, -0.1) is 0 Å². The number of carbonyl (C=O) groups excluding carboxylic acids is 1. The number of aromatic nitrogens is 1. The molecule has 1 aromatic heterocycles. The van der Waals surface area contributed by atoms with Gasteiger partial charge in [-0.2, -0.15) is 0 Å². The van der Waals surface area contributed by atoms with Crippen LogP contribution in [-0.4, -0.2) is 38.8 Å². The first-order valence-corrected chi connectivity index (χ1v) is 7.12. The molecule has 1 unspecified atom stereocenters. The topological polar surface area (TPSA) is 91.6 Å². The van der Waals surface area contributed by atoms with Crippen LogP contribution < -0.4 is 5.32 Å². The molecule has 6 nitrogen and oxygen atoms in total. The number of amides is 1. The Labute approximate surface area is 125 Å². The first kappa shape index (κ1) is 16.7. The van der Waals surface area contributed by atoms with Crippen LogP contribution in [0.25, 0.3) is 0 Å². The highest BCUT2D eigenvalue weighted by Gasteiger charge is 2.25. The molecule has 112 valence electrons. The quantitative estimate of drug-likeness (QED) is 0.699. The molecule has 1 amide bonds. The molecule has 3 N–H and O–H groups in total. The monoisotopic (exact) mass is 346 g/mol. The molecule has 0 aromatic carbocycles. The summed E-state index contributed by atoms with van der Waals surface area (Å²) in [6.45, 7) is 3.97. The fourth-order valence-corrected chi connectivity index (χ4v) is 2.30. The second kappa shape index (κ2) is 6.90. The third-order valence-corrected chi connectivity index (χ3v) is 3.16. The summed E-state index contributed by atoms with van der Waals surface area (Å²) in [7, 11) is 0. The second-order valence-electron chi connectivity index (χ2n) is 4.99. The Balaban J connectivity index is 2.69. The fourth-order valence-electron chi connectivity index (χ4n) is 1.84. The molecule has 1 rings (SSSR count). The lowest BCUT2D eigenvalue weighted by Gasteiger charge is -2.21. The Bertz CT molecular complexity index is 497. The maximum absolute atomic E-state index is 12.1. The van der Waals surface area contributed by atoms with Crippen LogP contribution in [-0.2, 0) is 11.3 Å². The van der Waals surface area contributed by atoms with Gasteiger partial charge in [0.1, 0.15) is 5.69 Å². The van der Waals surface area contributed by atoms with Crippen molar-refractivity contribution >= 4 is 27.8 Å². The summed E-state index contributed by atoms with van der Waals surface area (Å²) in [5, 5.41) is 21.1. The van der Waals surface area contributed by atoms with Crippen molar-refractivity contribution in [2.24, 2.45) is 0 Å². The normalized spacial score (nSPS) is 13.8. The number of aliphatic hydroxyl groups is 1. The first-order chi connectivity index (χ1) is 9.25. The highest BCUT2D eigenvalue weighted by Crippen LogP contribution is 2.16. The highest BCUT2D eigenvalue weighted by molar-refractivity contribution is 9.10. The van der Waals surface area contributed by atoms with Crippen molar-refractivity contribution < 1.29 is 19.8 Å². The maximum atomic E-state index is 12.1. The van der Waals surface area contributed by atoms with Gasteiger partial charge in [-0.25, -0.2) is 0 Å². The van der Waals surface area contributed by atoms with Crippen molar-refractivity contribution in [3.63, 3.8) is 0 Å². The average molecular weight is 347 g/mol. The van der Waals surface area contributed by atoms with Gasteiger partial charge in [0.2, 0.25) is 0 Å². The summed E-state index contributed by atoms with van der Waals surface area (Å²) in [5.74, 6) is -1.45. The molecule has 0 spiro atoms. The SMILES string of the molecule is CCCn1cc(Br)cc1C(=O)NCC(C)(O)CC(=O)O. The van der Waals surface area contributed by atoms with Crippen molar-refractivity contribution in [3.8, 4) is 0 Å². The minimum Gasteiger partial charge on any atom is -0.481 e. The number of nitrogens with zero attached hydrogens (tertiary/aromatic N) is 1. The molecular formula is C13H19BrN2O4. The molecule has 20 heavy (non-hydrogen) atoms. The van der Waals surface area contributed by atoms with E-state index < -0.39 is 18.0 Å². The summed E-state index contributed by atoms with van der Waals surface area (Å²) < 4.78 is 2.61. The van der Waals surface area contributed by atoms with E-state index in [1.54, 1.807) is 6.07 Å².